The summed E-state index contributed by atoms with van der Waals surface area (Å²) in [5.41, 5.74) is 2.78. The molecule has 1 aliphatic rings. The molecule has 2 aromatic carbocycles. The molecule has 7 heteroatoms. The quantitative estimate of drug-likeness (QED) is 0.641. The number of nitrogens with zero attached hydrogens (tertiary/aromatic N) is 2. The van der Waals surface area contributed by atoms with Crippen LogP contribution in [-0.2, 0) is 9.53 Å². The molecule has 1 saturated heterocycles. The summed E-state index contributed by atoms with van der Waals surface area (Å²) >= 11 is 5.97. The Morgan fingerprint density at radius 3 is 2.83 bits per heavy atom. The van der Waals surface area contributed by atoms with Gasteiger partial charge in [-0.1, -0.05) is 29.8 Å². The molecule has 0 saturated carbocycles. The number of ether oxygens (including phenoxy) is 1. The van der Waals surface area contributed by atoms with Crippen LogP contribution in [0.3, 0.4) is 0 Å². The van der Waals surface area contributed by atoms with Crippen molar-refractivity contribution in [3.8, 4) is 0 Å². The number of para-hydroxylation sites is 1. The highest BCUT2D eigenvalue weighted by molar-refractivity contribution is 6.31. The number of carbonyl (C=O) groups is 1. The highest BCUT2D eigenvalue weighted by atomic mass is 35.5. The van der Waals surface area contributed by atoms with E-state index in [0.717, 1.165) is 16.5 Å². The SMILES string of the molecule is O=C(C=Cc1ccnc2ccccc12)Nc1cc(F)c(Cl)cc1N1CCOCC1. The topological polar surface area (TPSA) is 54.5 Å². The number of hydrogen-bond acceptors (Lipinski definition) is 4. The fourth-order valence-corrected chi connectivity index (χ4v) is 3.46. The summed E-state index contributed by atoms with van der Waals surface area (Å²) < 4.78 is 19.4. The molecule has 29 heavy (non-hydrogen) atoms. The molecule has 0 atom stereocenters. The molecule has 5 nitrogen and oxygen atoms in total. The molecule has 4 rings (SSSR count). The van der Waals surface area contributed by atoms with Gasteiger partial charge in [-0.25, -0.2) is 4.39 Å². The average Bonchev–Trinajstić information content (AvgIpc) is 2.75. The Morgan fingerprint density at radius 2 is 2.00 bits per heavy atom. The zero-order valence-electron chi connectivity index (χ0n) is 15.6. The number of benzene rings is 2. The van der Waals surface area contributed by atoms with E-state index < -0.39 is 5.82 Å². The fourth-order valence-electron chi connectivity index (χ4n) is 3.31. The van der Waals surface area contributed by atoms with E-state index in [9.17, 15) is 9.18 Å². The maximum Gasteiger partial charge on any atom is 0.248 e. The van der Waals surface area contributed by atoms with Crippen LogP contribution >= 0.6 is 11.6 Å². The second-order valence-corrected chi connectivity index (χ2v) is 7.03. The van der Waals surface area contributed by atoms with E-state index in [1.807, 2.05) is 35.2 Å². The van der Waals surface area contributed by atoms with Gasteiger partial charge in [0, 0.05) is 36.8 Å². The summed E-state index contributed by atoms with van der Waals surface area (Å²) in [6, 6.07) is 12.3. The normalized spacial score (nSPS) is 14.5. The van der Waals surface area contributed by atoms with Crippen LogP contribution in [0.5, 0.6) is 0 Å². The lowest BCUT2D eigenvalue weighted by atomic mass is 10.1. The molecule has 1 aromatic heterocycles. The third-order valence-corrected chi connectivity index (χ3v) is 5.03. The second kappa shape index (κ2) is 8.59. The molecule has 0 aliphatic carbocycles. The Labute approximate surface area is 172 Å². The molecule has 0 spiro atoms. The zero-order chi connectivity index (χ0) is 20.2. The van der Waals surface area contributed by atoms with Gasteiger partial charge >= 0.3 is 0 Å². The number of anilines is 2. The molecule has 1 aliphatic heterocycles. The number of nitrogens with one attached hydrogen (secondary N) is 1. The Hall–Kier alpha value is -2.96. The first-order valence-corrected chi connectivity index (χ1v) is 9.64. The van der Waals surface area contributed by atoms with Gasteiger partial charge in [-0.3, -0.25) is 9.78 Å². The average molecular weight is 412 g/mol. The first kappa shape index (κ1) is 19.4. The molecule has 3 aromatic rings. The minimum absolute atomic E-state index is 0.0169. The number of halogens is 2. The van der Waals surface area contributed by atoms with Crippen LogP contribution in [0, 0.1) is 5.82 Å². The van der Waals surface area contributed by atoms with Gasteiger partial charge in [0.25, 0.3) is 0 Å². The van der Waals surface area contributed by atoms with Crippen LogP contribution in [0.25, 0.3) is 17.0 Å². The second-order valence-electron chi connectivity index (χ2n) is 6.62. The zero-order valence-corrected chi connectivity index (χ0v) is 16.3. The number of fused-ring (bicyclic) bond motifs is 1. The Bertz CT molecular complexity index is 1080. The van der Waals surface area contributed by atoms with Crippen molar-refractivity contribution >= 4 is 45.9 Å². The summed E-state index contributed by atoms with van der Waals surface area (Å²) in [5.74, 6) is -0.940. The number of amides is 1. The van der Waals surface area contributed by atoms with Gasteiger partial charge in [0.1, 0.15) is 5.82 Å². The predicted molar refractivity (Wildman–Crippen MR) is 114 cm³/mol. The van der Waals surface area contributed by atoms with Crippen LogP contribution in [0.15, 0.2) is 54.7 Å². The summed E-state index contributed by atoms with van der Waals surface area (Å²) in [4.78, 5) is 18.9. The number of carbonyl (C=O) groups excluding carboxylic acids is 1. The lowest BCUT2D eigenvalue weighted by molar-refractivity contribution is -0.111. The summed E-state index contributed by atoms with van der Waals surface area (Å²) in [6.45, 7) is 2.42. The van der Waals surface area contributed by atoms with Crippen LogP contribution in [0.1, 0.15) is 5.56 Å². The standard InChI is InChI=1S/C22H19ClFN3O2/c23-17-13-21(27-9-11-29-12-10-27)20(14-18(17)24)26-22(28)6-5-15-7-8-25-19-4-2-1-3-16(15)19/h1-8,13-14H,9-12H2,(H,26,28). The first-order chi connectivity index (χ1) is 14.1. The van der Waals surface area contributed by atoms with E-state index in [1.54, 1.807) is 12.3 Å². The smallest absolute Gasteiger partial charge is 0.248 e. The maximum atomic E-state index is 14.1. The lowest BCUT2D eigenvalue weighted by Gasteiger charge is -2.30. The molecule has 0 unspecified atom stereocenters. The Balaban J connectivity index is 1.58. The number of aromatic nitrogens is 1. The summed E-state index contributed by atoms with van der Waals surface area (Å²) in [5, 5.41) is 3.74. The molecule has 2 heterocycles. The van der Waals surface area contributed by atoms with E-state index in [-0.39, 0.29) is 10.9 Å². The molecule has 148 valence electrons. The summed E-state index contributed by atoms with van der Waals surface area (Å²) in [7, 11) is 0. The van der Waals surface area contributed by atoms with Crippen LogP contribution in [-0.4, -0.2) is 37.2 Å². The first-order valence-electron chi connectivity index (χ1n) is 9.26. The number of hydrogen-bond donors (Lipinski definition) is 1. The molecule has 1 N–H and O–H groups in total. The van der Waals surface area contributed by atoms with Gasteiger partial charge in [-0.2, -0.15) is 0 Å². The number of morpholine rings is 1. The van der Waals surface area contributed by atoms with Gasteiger partial charge < -0.3 is 15.0 Å². The summed E-state index contributed by atoms with van der Waals surface area (Å²) in [6.07, 6.45) is 4.85. The Morgan fingerprint density at radius 1 is 1.21 bits per heavy atom. The van der Waals surface area contributed by atoms with Gasteiger partial charge in [0.05, 0.1) is 35.1 Å². The molecular weight excluding hydrogens is 393 g/mol. The van der Waals surface area contributed by atoms with Gasteiger partial charge in [-0.15, -0.1) is 0 Å². The van der Waals surface area contributed by atoms with E-state index in [1.165, 1.54) is 18.2 Å². The Kier molecular flexibility index (Phi) is 5.74. The van der Waals surface area contributed by atoms with Crippen molar-refractivity contribution in [3.05, 3.63) is 71.1 Å². The van der Waals surface area contributed by atoms with Crippen molar-refractivity contribution in [3.63, 3.8) is 0 Å². The number of rotatable bonds is 4. The molecule has 0 bridgehead atoms. The lowest BCUT2D eigenvalue weighted by Crippen LogP contribution is -2.36. The van der Waals surface area contributed by atoms with E-state index in [0.29, 0.717) is 37.7 Å². The van der Waals surface area contributed by atoms with Gasteiger partial charge in [0.15, 0.2) is 0 Å². The largest absolute Gasteiger partial charge is 0.378 e. The van der Waals surface area contributed by atoms with Crippen molar-refractivity contribution in [2.24, 2.45) is 0 Å². The van der Waals surface area contributed by atoms with E-state index in [4.69, 9.17) is 16.3 Å². The highest BCUT2D eigenvalue weighted by Crippen LogP contribution is 2.32. The van der Waals surface area contributed by atoms with Crippen molar-refractivity contribution in [1.29, 1.82) is 0 Å². The van der Waals surface area contributed by atoms with Crippen molar-refractivity contribution in [2.75, 3.05) is 36.5 Å². The van der Waals surface area contributed by atoms with E-state index >= 15 is 0 Å². The van der Waals surface area contributed by atoms with Crippen molar-refractivity contribution in [2.45, 2.75) is 0 Å². The van der Waals surface area contributed by atoms with Crippen LogP contribution < -0.4 is 10.2 Å². The molecular formula is C22H19ClFN3O2. The minimum atomic E-state index is -0.580. The van der Waals surface area contributed by atoms with Crippen LogP contribution in [0.4, 0.5) is 15.8 Å². The fraction of sp³-hybridized carbons (Fsp3) is 0.182. The molecule has 1 fully saturated rings. The highest BCUT2D eigenvalue weighted by Gasteiger charge is 2.18. The predicted octanol–water partition coefficient (Wildman–Crippen LogP) is 4.52. The third kappa shape index (κ3) is 4.39. The third-order valence-electron chi connectivity index (χ3n) is 4.75. The van der Waals surface area contributed by atoms with Crippen molar-refractivity contribution < 1.29 is 13.9 Å². The van der Waals surface area contributed by atoms with Crippen LogP contribution in [0.2, 0.25) is 5.02 Å². The van der Waals surface area contributed by atoms with Gasteiger partial charge in [-0.05, 0) is 29.8 Å². The number of pyridine rings is 1. The molecule has 1 amide bonds. The monoisotopic (exact) mass is 411 g/mol. The molecule has 0 radical (unpaired) electrons. The van der Waals surface area contributed by atoms with Gasteiger partial charge in [0.2, 0.25) is 5.91 Å². The van der Waals surface area contributed by atoms with Crippen molar-refractivity contribution in [1.82, 2.24) is 4.98 Å². The van der Waals surface area contributed by atoms with E-state index in [2.05, 4.69) is 10.3 Å². The maximum absolute atomic E-state index is 14.1. The minimum Gasteiger partial charge on any atom is -0.378 e.